The van der Waals surface area contributed by atoms with Crippen molar-refractivity contribution in [3.8, 4) is 17.2 Å². The van der Waals surface area contributed by atoms with Gasteiger partial charge < -0.3 is 14.6 Å². The summed E-state index contributed by atoms with van der Waals surface area (Å²) in [6, 6.07) is 2.86. The molecule has 0 spiro atoms. The van der Waals surface area contributed by atoms with E-state index >= 15 is 0 Å². The van der Waals surface area contributed by atoms with Gasteiger partial charge in [-0.15, -0.1) is 0 Å². The molecule has 0 saturated carbocycles. The Hall–Kier alpha value is -1.71. The Morgan fingerprint density at radius 3 is 1.94 bits per heavy atom. The van der Waals surface area contributed by atoms with Gasteiger partial charge in [-0.1, -0.05) is 13.8 Å². The van der Waals surface area contributed by atoms with Gasteiger partial charge >= 0.3 is 0 Å². The molecule has 1 N–H and O–H groups in total. The van der Waals surface area contributed by atoms with Crippen LogP contribution in [-0.2, 0) is 0 Å². The summed E-state index contributed by atoms with van der Waals surface area (Å²) in [5.41, 5.74) is 0.352. The van der Waals surface area contributed by atoms with Crippen LogP contribution < -0.4 is 9.47 Å². The van der Waals surface area contributed by atoms with E-state index in [0.29, 0.717) is 36.6 Å². The SMILES string of the molecule is CCCOc1cc(O)cc(OCCC)c1C=O. The Balaban J connectivity index is 3.01. The third-order valence-corrected chi connectivity index (χ3v) is 2.13. The summed E-state index contributed by atoms with van der Waals surface area (Å²) in [7, 11) is 0. The van der Waals surface area contributed by atoms with Crippen LogP contribution >= 0.6 is 0 Å². The minimum absolute atomic E-state index is 0.0350. The van der Waals surface area contributed by atoms with Crippen molar-refractivity contribution in [3.63, 3.8) is 0 Å². The van der Waals surface area contributed by atoms with Crippen molar-refractivity contribution in [2.45, 2.75) is 26.7 Å². The fourth-order valence-corrected chi connectivity index (χ4v) is 1.37. The van der Waals surface area contributed by atoms with E-state index in [-0.39, 0.29) is 5.75 Å². The minimum Gasteiger partial charge on any atom is -0.508 e. The van der Waals surface area contributed by atoms with E-state index in [2.05, 4.69) is 0 Å². The average molecular weight is 238 g/mol. The summed E-state index contributed by atoms with van der Waals surface area (Å²) >= 11 is 0. The summed E-state index contributed by atoms with van der Waals surface area (Å²) in [5, 5.41) is 9.54. The number of phenols is 1. The minimum atomic E-state index is 0.0350. The molecule has 0 aliphatic heterocycles. The lowest BCUT2D eigenvalue weighted by atomic mass is 10.2. The van der Waals surface area contributed by atoms with Gasteiger partial charge in [-0.05, 0) is 12.8 Å². The zero-order valence-electron chi connectivity index (χ0n) is 10.2. The molecule has 0 atom stereocenters. The molecule has 0 aliphatic carbocycles. The highest BCUT2D eigenvalue weighted by Gasteiger charge is 2.12. The lowest BCUT2D eigenvalue weighted by molar-refractivity contribution is 0.111. The van der Waals surface area contributed by atoms with E-state index in [1.807, 2.05) is 13.8 Å². The molecule has 1 aromatic carbocycles. The van der Waals surface area contributed by atoms with Crippen molar-refractivity contribution in [1.29, 1.82) is 0 Å². The van der Waals surface area contributed by atoms with Gasteiger partial charge in [-0.25, -0.2) is 0 Å². The fourth-order valence-electron chi connectivity index (χ4n) is 1.37. The number of phenolic OH excluding ortho intramolecular Hbond substituents is 1. The van der Waals surface area contributed by atoms with Gasteiger partial charge in [0.05, 0.1) is 18.8 Å². The van der Waals surface area contributed by atoms with E-state index in [0.717, 1.165) is 12.8 Å². The Bertz CT molecular complexity index is 345. The van der Waals surface area contributed by atoms with Crippen molar-refractivity contribution in [2.24, 2.45) is 0 Å². The number of aromatic hydroxyl groups is 1. The molecule has 0 saturated heterocycles. The first kappa shape index (κ1) is 13.4. The number of benzene rings is 1. The maximum atomic E-state index is 11.0. The lowest BCUT2D eigenvalue weighted by Crippen LogP contribution is -2.03. The highest BCUT2D eigenvalue weighted by atomic mass is 16.5. The normalized spacial score (nSPS) is 10.0. The van der Waals surface area contributed by atoms with Crippen LogP contribution in [0.15, 0.2) is 12.1 Å². The second kappa shape index (κ2) is 6.78. The van der Waals surface area contributed by atoms with Crippen LogP contribution in [0.2, 0.25) is 0 Å². The van der Waals surface area contributed by atoms with Crippen molar-refractivity contribution in [2.75, 3.05) is 13.2 Å². The highest BCUT2D eigenvalue weighted by molar-refractivity contribution is 5.84. The number of carbonyl (C=O) groups excluding carboxylic acids is 1. The first-order chi connectivity index (χ1) is 8.22. The molecule has 0 fully saturated rings. The van der Waals surface area contributed by atoms with Crippen LogP contribution in [0.4, 0.5) is 0 Å². The topological polar surface area (TPSA) is 55.8 Å². The molecule has 0 bridgehead atoms. The molecule has 0 unspecified atom stereocenters. The van der Waals surface area contributed by atoms with Crippen molar-refractivity contribution in [3.05, 3.63) is 17.7 Å². The van der Waals surface area contributed by atoms with Gasteiger partial charge in [0.15, 0.2) is 6.29 Å². The van der Waals surface area contributed by atoms with Gasteiger partial charge in [0.1, 0.15) is 17.2 Å². The number of ether oxygens (including phenoxy) is 2. The van der Waals surface area contributed by atoms with Crippen LogP contribution in [0.25, 0.3) is 0 Å². The highest BCUT2D eigenvalue weighted by Crippen LogP contribution is 2.32. The maximum absolute atomic E-state index is 11.0. The third-order valence-electron chi connectivity index (χ3n) is 2.13. The van der Waals surface area contributed by atoms with Gasteiger partial charge in [0.2, 0.25) is 0 Å². The van der Waals surface area contributed by atoms with Crippen LogP contribution in [0.5, 0.6) is 17.2 Å². The van der Waals surface area contributed by atoms with Crippen LogP contribution in [0.1, 0.15) is 37.0 Å². The lowest BCUT2D eigenvalue weighted by Gasteiger charge is -2.13. The standard InChI is InChI=1S/C13H18O4/c1-3-5-16-12-7-10(15)8-13(11(12)9-14)17-6-4-2/h7-9,15H,3-6H2,1-2H3. The largest absolute Gasteiger partial charge is 0.508 e. The number of aldehydes is 1. The van der Waals surface area contributed by atoms with Crippen molar-refractivity contribution >= 4 is 6.29 Å². The zero-order chi connectivity index (χ0) is 12.7. The second-order valence-electron chi connectivity index (χ2n) is 3.67. The first-order valence-corrected chi connectivity index (χ1v) is 5.80. The molecule has 0 amide bonds. The van der Waals surface area contributed by atoms with Gasteiger partial charge in [-0.2, -0.15) is 0 Å². The van der Waals surface area contributed by atoms with Gasteiger partial charge in [-0.3, -0.25) is 4.79 Å². The Morgan fingerprint density at radius 1 is 1.12 bits per heavy atom. The van der Waals surface area contributed by atoms with E-state index in [4.69, 9.17) is 9.47 Å². The first-order valence-electron chi connectivity index (χ1n) is 5.80. The molecular formula is C13H18O4. The van der Waals surface area contributed by atoms with Crippen molar-refractivity contribution in [1.82, 2.24) is 0 Å². The molecule has 1 rings (SSSR count). The monoisotopic (exact) mass is 238 g/mol. The summed E-state index contributed by atoms with van der Waals surface area (Å²) in [6.45, 7) is 4.94. The Morgan fingerprint density at radius 2 is 1.59 bits per heavy atom. The summed E-state index contributed by atoms with van der Waals surface area (Å²) < 4.78 is 10.8. The molecule has 0 aliphatic rings. The maximum Gasteiger partial charge on any atom is 0.157 e. The summed E-state index contributed by atoms with van der Waals surface area (Å²) in [6.07, 6.45) is 2.35. The molecule has 4 heteroatoms. The van der Waals surface area contributed by atoms with E-state index in [1.165, 1.54) is 12.1 Å². The number of hydrogen-bond donors (Lipinski definition) is 1. The Kier molecular flexibility index (Phi) is 5.33. The average Bonchev–Trinajstić information content (AvgIpc) is 2.33. The number of rotatable bonds is 7. The van der Waals surface area contributed by atoms with Crippen LogP contribution in [0.3, 0.4) is 0 Å². The molecule has 1 aromatic rings. The predicted octanol–water partition coefficient (Wildman–Crippen LogP) is 2.78. The molecule has 0 heterocycles. The second-order valence-corrected chi connectivity index (χ2v) is 3.67. The number of hydrogen-bond acceptors (Lipinski definition) is 4. The predicted molar refractivity (Wildman–Crippen MR) is 65.1 cm³/mol. The summed E-state index contributed by atoms with van der Waals surface area (Å²) in [4.78, 5) is 11.0. The van der Waals surface area contributed by atoms with Gasteiger partial charge in [0, 0.05) is 12.1 Å². The third kappa shape index (κ3) is 3.66. The molecule has 0 aromatic heterocycles. The zero-order valence-corrected chi connectivity index (χ0v) is 10.2. The summed E-state index contributed by atoms with van der Waals surface area (Å²) in [5.74, 6) is 0.772. The molecule has 0 radical (unpaired) electrons. The van der Waals surface area contributed by atoms with E-state index < -0.39 is 0 Å². The Labute approximate surface area is 101 Å². The van der Waals surface area contributed by atoms with E-state index in [9.17, 15) is 9.90 Å². The van der Waals surface area contributed by atoms with E-state index in [1.54, 1.807) is 0 Å². The van der Waals surface area contributed by atoms with Crippen LogP contribution in [-0.4, -0.2) is 24.6 Å². The van der Waals surface area contributed by atoms with Crippen LogP contribution in [0, 0.1) is 0 Å². The molecular weight excluding hydrogens is 220 g/mol. The quantitative estimate of drug-likeness (QED) is 0.742. The fraction of sp³-hybridized carbons (Fsp3) is 0.462. The molecule has 4 nitrogen and oxygen atoms in total. The smallest absolute Gasteiger partial charge is 0.157 e. The molecule has 17 heavy (non-hydrogen) atoms. The number of carbonyl (C=O) groups is 1. The molecule has 94 valence electrons. The van der Waals surface area contributed by atoms with Crippen molar-refractivity contribution < 1.29 is 19.4 Å². The van der Waals surface area contributed by atoms with Gasteiger partial charge in [0.25, 0.3) is 0 Å².